The number of rotatable bonds is 7. The van der Waals surface area contributed by atoms with Crippen molar-refractivity contribution in [2.24, 2.45) is 5.73 Å². The number of amides is 1. The number of aromatic nitrogens is 3. The van der Waals surface area contributed by atoms with Gasteiger partial charge in [0.1, 0.15) is 0 Å². The van der Waals surface area contributed by atoms with E-state index >= 15 is 0 Å². The fraction of sp³-hybridized carbons (Fsp3) is 0.750. The lowest BCUT2D eigenvalue weighted by Crippen LogP contribution is -2.16. The number of carbonyl (C=O) groups is 1. The van der Waals surface area contributed by atoms with Crippen LogP contribution in [0, 0.1) is 0 Å². The minimum absolute atomic E-state index is 0.183. The SMILES string of the molecule is COCCC(C)n1nnc(CC(N)=O)c1C1CC1. The molecule has 18 heavy (non-hydrogen) atoms. The molecule has 0 radical (unpaired) electrons. The summed E-state index contributed by atoms with van der Waals surface area (Å²) >= 11 is 0. The Labute approximate surface area is 106 Å². The lowest BCUT2D eigenvalue weighted by Gasteiger charge is -2.14. The Morgan fingerprint density at radius 3 is 2.89 bits per heavy atom. The molecule has 1 aromatic rings. The summed E-state index contributed by atoms with van der Waals surface area (Å²) in [6.07, 6.45) is 3.37. The standard InChI is InChI=1S/C12H20N4O2/c1-8(5-6-18-2)16-12(9-3-4-9)10(14-15-16)7-11(13)17/h8-9H,3-7H2,1-2H3,(H2,13,17). The van der Waals surface area contributed by atoms with Crippen molar-refractivity contribution in [1.29, 1.82) is 0 Å². The van der Waals surface area contributed by atoms with Gasteiger partial charge in [-0.2, -0.15) is 0 Å². The first-order valence-electron chi connectivity index (χ1n) is 6.34. The van der Waals surface area contributed by atoms with Gasteiger partial charge >= 0.3 is 0 Å². The maximum absolute atomic E-state index is 11.0. The molecule has 0 aliphatic heterocycles. The number of methoxy groups -OCH3 is 1. The largest absolute Gasteiger partial charge is 0.385 e. The van der Waals surface area contributed by atoms with E-state index in [9.17, 15) is 4.79 Å². The summed E-state index contributed by atoms with van der Waals surface area (Å²) in [7, 11) is 1.69. The molecule has 0 bridgehead atoms. The molecule has 1 atom stereocenters. The van der Waals surface area contributed by atoms with Crippen molar-refractivity contribution in [1.82, 2.24) is 15.0 Å². The summed E-state index contributed by atoms with van der Waals surface area (Å²) in [6.45, 7) is 2.78. The molecule has 0 aromatic carbocycles. The average Bonchev–Trinajstić information content (AvgIpc) is 3.07. The van der Waals surface area contributed by atoms with Crippen LogP contribution in [0.4, 0.5) is 0 Å². The molecular formula is C12H20N4O2. The van der Waals surface area contributed by atoms with Gasteiger partial charge in [-0.3, -0.25) is 4.79 Å². The minimum Gasteiger partial charge on any atom is -0.385 e. The topological polar surface area (TPSA) is 83.0 Å². The summed E-state index contributed by atoms with van der Waals surface area (Å²) in [5.74, 6) is 0.146. The van der Waals surface area contributed by atoms with E-state index in [1.807, 2.05) is 4.68 Å². The van der Waals surface area contributed by atoms with Crippen molar-refractivity contribution in [3.8, 4) is 0 Å². The summed E-state index contributed by atoms with van der Waals surface area (Å²) in [6, 6.07) is 0.231. The van der Waals surface area contributed by atoms with Crippen LogP contribution in [0.25, 0.3) is 0 Å². The minimum atomic E-state index is -0.353. The molecule has 1 unspecified atom stereocenters. The summed E-state index contributed by atoms with van der Waals surface area (Å²) in [5, 5.41) is 8.30. The second-order valence-corrected chi connectivity index (χ2v) is 4.91. The number of hydrogen-bond acceptors (Lipinski definition) is 4. The molecule has 1 amide bonds. The molecule has 1 saturated carbocycles. The quantitative estimate of drug-likeness (QED) is 0.777. The van der Waals surface area contributed by atoms with Crippen LogP contribution in [0.3, 0.4) is 0 Å². The van der Waals surface area contributed by atoms with Gasteiger partial charge in [-0.1, -0.05) is 5.21 Å². The first kappa shape index (κ1) is 13.0. The second kappa shape index (κ2) is 5.48. The number of hydrogen-bond donors (Lipinski definition) is 1. The van der Waals surface area contributed by atoms with Gasteiger partial charge in [-0.05, 0) is 26.2 Å². The Kier molecular flexibility index (Phi) is 3.96. The van der Waals surface area contributed by atoms with E-state index in [-0.39, 0.29) is 18.4 Å². The molecule has 6 heteroatoms. The highest BCUT2D eigenvalue weighted by Crippen LogP contribution is 2.42. The van der Waals surface area contributed by atoms with Crippen molar-refractivity contribution < 1.29 is 9.53 Å². The van der Waals surface area contributed by atoms with Gasteiger partial charge in [0.2, 0.25) is 5.91 Å². The zero-order chi connectivity index (χ0) is 13.1. The molecule has 1 aliphatic carbocycles. The molecule has 2 rings (SSSR count). The molecule has 6 nitrogen and oxygen atoms in total. The Morgan fingerprint density at radius 1 is 1.61 bits per heavy atom. The molecule has 0 saturated heterocycles. The monoisotopic (exact) mass is 252 g/mol. The third-order valence-corrected chi connectivity index (χ3v) is 3.27. The molecule has 0 spiro atoms. The predicted octanol–water partition coefficient (Wildman–Crippen LogP) is 0.781. The van der Waals surface area contributed by atoms with E-state index in [4.69, 9.17) is 10.5 Å². The van der Waals surface area contributed by atoms with Gasteiger partial charge in [-0.15, -0.1) is 5.10 Å². The van der Waals surface area contributed by atoms with Crippen molar-refractivity contribution >= 4 is 5.91 Å². The van der Waals surface area contributed by atoms with Crippen molar-refractivity contribution in [3.63, 3.8) is 0 Å². The summed E-state index contributed by atoms with van der Waals surface area (Å²) in [4.78, 5) is 11.0. The first-order valence-corrected chi connectivity index (χ1v) is 6.34. The Morgan fingerprint density at radius 2 is 2.33 bits per heavy atom. The highest BCUT2D eigenvalue weighted by molar-refractivity contribution is 5.76. The number of ether oxygens (including phenoxy) is 1. The van der Waals surface area contributed by atoms with Crippen LogP contribution in [-0.4, -0.2) is 34.6 Å². The fourth-order valence-corrected chi connectivity index (χ4v) is 2.14. The predicted molar refractivity (Wildman–Crippen MR) is 66.1 cm³/mol. The van der Waals surface area contributed by atoms with E-state index in [0.717, 1.165) is 30.7 Å². The van der Waals surface area contributed by atoms with Gasteiger partial charge in [-0.25, -0.2) is 4.68 Å². The average molecular weight is 252 g/mol. The fourth-order valence-electron chi connectivity index (χ4n) is 2.14. The van der Waals surface area contributed by atoms with Crippen molar-refractivity contribution in [3.05, 3.63) is 11.4 Å². The van der Waals surface area contributed by atoms with Gasteiger partial charge in [0.05, 0.1) is 23.9 Å². The smallest absolute Gasteiger partial charge is 0.223 e. The molecular weight excluding hydrogens is 232 g/mol. The van der Waals surface area contributed by atoms with Crippen LogP contribution >= 0.6 is 0 Å². The summed E-state index contributed by atoms with van der Waals surface area (Å²) in [5.41, 5.74) is 7.08. The van der Waals surface area contributed by atoms with Crippen LogP contribution in [0.2, 0.25) is 0 Å². The van der Waals surface area contributed by atoms with Gasteiger partial charge in [0.15, 0.2) is 0 Å². The van der Waals surface area contributed by atoms with Crippen molar-refractivity contribution in [2.75, 3.05) is 13.7 Å². The van der Waals surface area contributed by atoms with E-state index in [1.54, 1.807) is 7.11 Å². The zero-order valence-electron chi connectivity index (χ0n) is 10.9. The maximum atomic E-state index is 11.0. The normalized spacial score (nSPS) is 16.8. The zero-order valence-corrected chi connectivity index (χ0v) is 10.9. The van der Waals surface area contributed by atoms with Gasteiger partial charge in [0.25, 0.3) is 0 Å². The van der Waals surface area contributed by atoms with Gasteiger partial charge < -0.3 is 10.5 Å². The summed E-state index contributed by atoms with van der Waals surface area (Å²) < 4.78 is 7.03. The molecule has 1 aliphatic rings. The Balaban J connectivity index is 2.18. The lowest BCUT2D eigenvalue weighted by molar-refractivity contribution is -0.117. The van der Waals surface area contributed by atoms with Crippen molar-refractivity contribution in [2.45, 2.75) is 44.6 Å². The highest BCUT2D eigenvalue weighted by atomic mass is 16.5. The van der Waals surface area contributed by atoms with Crippen LogP contribution in [0.1, 0.15) is 49.5 Å². The molecule has 1 fully saturated rings. The molecule has 1 heterocycles. The molecule has 1 aromatic heterocycles. The van der Waals surface area contributed by atoms with E-state index in [2.05, 4.69) is 17.2 Å². The van der Waals surface area contributed by atoms with E-state index in [1.165, 1.54) is 0 Å². The highest BCUT2D eigenvalue weighted by Gasteiger charge is 2.32. The van der Waals surface area contributed by atoms with E-state index < -0.39 is 0 Å². The number of nitrogens with zero attached hydrogens (tertiary/aromatic N) is 3. The molecule has 2 N–H and O–H groups in total. The van der Waals surface area contributed by atoms with Crippen LogP contribution in [0.15, 0.2) is 0 Å². The molecule has 100 valence electrons. The number of carbonyl (C=O) groups excluding carboxylic acids is 1. The third-order valence-electron chi connectivity index (χ3n) is 3.27. The maximum Gasteiger partial charge on any atom is 0.223 e. The van der Waals surface area contributed by atoms with Crippen LogP contribution in [0.5, 0.6) is 0 Å². The third kappa shape index (κ3) is 2.87. The number of nitrogens with two attached hydrogens (primary N) is 1. The lowest BCUT2D eigenvalue weighted by atomic mass is 10.1. The van der Waals surface area contributed by atoms with Crippen LogP contribution in [-0.2, 0) is 16.0 Å². The Hall–Kier alpha value is -1.43. The second-order valence-electron chi connectivity index (χ2n) is 4.91. The number of primary amides is 1. The van der Waals surface area contributed by atoms with Gasteiger partial charge in [0, 0.05) is 19.6 Å². The van der Waals surface area contributed by atoms with E-state index in [0.29, 0.717) is 12.5 Å². The first-order chi connectivity index (χ1) is 8.63. The van der Waals surface area contributed by atoms with Crippen LogP contribution < -0.4 is 5.73 Å². The Bertz CT molecular complexity index is 426.